The van der Waals surface area contributed by atoms with Crippen molar-refractivity contribution in [1.82, 2.24) is 14.3 Å². The second kappa shape index (κ2) is 9.38. The highest BCUT2D eigenvalue weighted by molar-refractivity contribution is 7.89. The van der Waals surface area contributed by atoms with Crippen LogP contribution in [0.1, 0.15) is 29.3 Å². The van der Waals surface area contributed by atoms with Crippen LogP contribution < -0.4 is 4.90 Å². The van der Waals surface area contributed by atoms with Gasteiger partial charge in [0.25, 0.3) is 0 Å². The molecule has 7 heteroatoms. The van der Waals surface area contributed by atoms with Crippen LogP contribution in [0.5, 0.6) is 0 Å². The SMILES string of the molecule is CCS(=O)(=O)N1CCN(c2nc(-c3ccccc3)nc(C)c2Cc2ccccc2C)CC1. The number of sulfonamides is 1. The molecule has 1 aliphatic heterocycles. The van der Waals surface area contributed by atoms with Gasteiger partial charge in [-0.15, -0.1) is 0 Å². The fourth-order valence-corrected chi connectivity index (χ4v) is 5.21. The Morgan fingerprint density at radius 3 is 2.19 bits per heavy atom. The van der Waals surface area contributed by atoms with Gasteiger partial charge >= 0.3 is 0 Å². The Labute approximate surface area is 191 Å². The molecule has 1 aromatic heterocycles. The Kier molecular flexibility index (Phi) is 6.58. The van der Waals surface area contributed by atoms with E-state index in [0.717, 1.165) is 29.1 Å². The number of anilines is 1. The Hall–Kier alpha value is -2.77. The van der Waals surface area contributed by atoms with Crippen LogP contribution in [0.3, 0.4) is 0 Å². The Morgan fingerprint density at radius 1 is 0.875 bits per heavy atom. The molecule has 1 aliphatic rings. The number of aryl methyl sites for hydroxylation is 2. The highest BCUT2D eigenvalue weighted by Crippen LogP contribution is 2.29. The highest BCUT2D eigenvalue weighted by atomic mass is 32.2. The summed E-state index contributed by atoms with van der Waals surface area (Å²) in [5, 5.41) is 0. The first-order valence-electron chi connectivity index (χ1n) is 11.1. The van der Waals surface area contributed by atoms with E-state index in [1.165, 1.54) is 11.1 Å². The van der Waals surface area contributed by atoms with Crippen molar-refractivity contribution in [1.29, 1.82) is 0 Å². The second-order valence-electron chi connectivity index (χ2n) is 8.19. The van der Waals surface area contributed by atoms with Gasteiger partial charge < -0.3 is 4.90 Å². The topological polar surface area (TPSA) is 66.4 Å². The molecule has 2 heterocycles. The van der Waals surface area contributed by atoms with Gasteiger partial charge in [-0.05, 0) is 31.9 Å². The second-order valence-corrected chi connectivity index (χ2v) is 10.4. The van der Waals surface area contributed by atoms with E-state index in [9.17, 15) is 8.42 Å². The van der Waals surface area contributed by atoms with E-state index in [0.29, 0.717) is 32.0 Å². The third kappa shape index (κ3) is 4.69. The number of nitrogens with zero attached hydrogens (tertiary/aromatic N) is 4. The number of hydrogen-bond donors (Lipinski definition) is 0. The predicted molar refractivity (Wildman–Crippen MR) is 129 cm³/mol. The minimum atomic E-state index is -3.18. The van der Waals surface area contributed by atoms with Crippen molar-refractivity contribution >= 4 is 15.8 Å². The van der Waals surface area contributed by atoms with E-state index >= 15 is 0 Å². The van der Waals surface area contributed by atoms with Gasteiger partial charge in [-0.3, -0.25) is 0 Å². The number of hydrogen-bond acceptors (Lipinski definition) is 5. The summed E-state index contributed by atoms with van der Waals surface area (Å²) < 4.78 is 26.2. The smallest absolute Gasteiger partial charge is 0.213 e. The molecular weight excluding hydrogens is 420 g/mol. The van der Waals surface area contributed by atoms with Gasteiger partial charge in [0.05, 0.1) is 5.75 Å². The fourth-order valence-electron chi connectivity index (χ4n) is 4.13. The largest absolute Gasteiger partial charge is 0.354 e. The lowest BCUT2D eigenvalue weighted by Gasteiger charge is -2.35. The molecule has 0 N–H and O–H groups in total. The third-order valence-electron chi connectivity index (χ3n) is 6.15. The average Bonchev–Trinajstić information content (AvgIpc) is 2.82. The van der Waals surface area contributed by atoms with Crippen LogP contribution in [0.2, 0.25) is 0 Å². The lowest BCUT2D eigenvalue weighted by molar-refractivity contribution is 0.384. The zero-order valence-corrected chi connectivity index (χ0v) is 19.8. The van der Waals surface area contributed by atoms with E-state index in [1.807, 2.05) is 37.3 Å². The quantitative estimate of drug-likeness (QED) is 0.571. The van der Waals surface area contributed by atoms with Gasteiger partial charge in [-0.25, -0.2) is 18.4 Å². The van der Waals surface area contributed by atoms with Crippen LogP contribution in [0.25, 0.3) is 11.4 Å². The summed E-state index contributed by atoms with van der Waals surface area (Å²) in [4.78, 5) is 12.1. The van der Waals surface area contributed by atoms with Crippen molar-refractivity contribution in [3.8, 4) is 11.4 Å². The fraction of sp³-hybridized carbons (Fsp3) is 0.360. The molecule has 4 rings (SSSR count). The van der Waals surface area contributed by atoms with Crippen LogP contribution in [0, 0.1) is 13.8 Å². The average molecular weight is 451 g/mol. The molecule has 0 atom stereocenters. The summed E-state index contributed by atoms with van der Waals surface area (Å²) in [5.74, 6) is 1.75. The van der Waals surface area contributed by atoms with E-state index in [4.69, 9.17) is 9.97 Å². The minimum absolute atomic E-state index is 0.135. The molecule has 0 unspecified atom stereocenters. The monoisotopic (exact) mass is 450 g/mol. The maximum Gasteiger partial charge on any atom is 0.213 e. The van der Waals surface area contributed by atoms with E-state index in [1.54, 1.807) is 11.2 Å². The molecule has 1 saturated heterocycles. The van der Waals surface area contributed by atoms with Crippen molar-refractivity contribution in [2.75, 3.05) is 36.8 Å². The van der Waals surface area contributed by atoms with Crippen LogP contribution >= 0.6 is 0 Å². The summed E-state index contributed by atoms with van der Waals surface area (Å²) in [6, 6.07) is 18.4. The first-order chi connectivity index (χ1) is 15.4. The summed E-state index contributed by atoms with van der Waals surface area (Å²) in [7, 11) is -3.18. The van der Waals surface area contributed by atoms with Crippen molar-refractivity contribution < 1.29 is 8.42 Å². The molecule has 1 fully saturated rings. The van der Waals surface area contributed by atoms with Gasteiger partial charge in [0, 0.05) is 49.4 Å². The minimum Gasteiger partial charge on any atom is -0.354 e. The molecule has 2 aromatic carbocycles. The first kappa shape index (κ1) is 22.4. The van der Waals surface area contributed by atoms with Crippen LogP contribution in [0.4, 0.5) is 5.82 Å². The zero-order chi connectivity index (χ0) is 22.7. The Bertz CT molecular complexity index is 1190. The van der Waals surface area contributed by atoms with E-state index in [-0.39, 0.29) is 5.75 Å². The molecule has 0 saturated carbocycles. The summed E-state index contributed by atoms with van der Waals surface area (Å²) in [5.41, 5.74) is 5.53. The van der Waals surface area contributed by atoms with Crippen molar-refractivity contribution in [3.63, 3.8) is 0 Å². The summed E-state index contributed by atoms with van der Waals surface area (Å²) >= 11 is 0. The number of piperazine rings is 1. The van der Waals surface area contributed by atoms with Crippen molar-refractivity contribution in [3.05, 3.63) is 77.0 Å². The van der Waals surface area contributed by atoms with E-state index in [2.05, 4.69) is 36.1 Å². The van der Waals surface area contributed by atoms with Gasteiger partial charge in [-0.2, -0.15) is 4.31 Å². The highest BCUT2D eigenvalue weighted by Gasteiger charge is 2.28. The van der Waals surface area contributed by atoms with Crippen molar-refractivity contribution in [2.45, 2.75) is 27.2 Å². The molecule has 168 valence electrons. The van der Waals surface area contributed by atoms with E-state index < -0.39 is 10.0 Å². The van der Waals surface area contributed by atoms with Crippen LogP contribution in [-0.4, -0.2) is 54.6 Å². The van der Waals surface area contributed by atoms with Gasteiger partial charge in [0.15, 0.2) is 5.82 Å². The lowest BCUT2D eigenvalue weighted by atomic mass is 9.99. The molecule has 0 spiro atoms. The normalized spacial score (nSPS) is 15.2. The van der Waals surface area contributed by atoms with Crippen LogP contribution in [0.15, 0.2) is 54.6 Å². The number of aromatic nitrogens is 2. The standard InChI is InChI=1S/C25H30N4O2S/c1-4-32(30,31)29-16-14-28(15-17-29)25-23(18-22-13-9-8-10-19(22)2)20(3)26-24(27-25)21-11-6-5-7-12-21/h5-13H,4,14-18H2,1-3H3. The molecular formula is C25H30N4O2S. The van der Waals surface area contributed by atoms with Gasteiger partial charge in [0.1, 0.15) is 5.82 Å². The number of rotatable bonds is 6. The van der Waals surface area contributed by atoms with Gasteiger partial charge in [-0.1, -0.05) is 54.6 Å². The Balaban J connectivity index is 1.73. The summed E-state index contributed by atoms with van der Waals surface area (Å²) in [6.45, 7) is 8.05. The molecule has 6 nitrogen and oxygen atoms in total. The van der Waals surface area contributed by atoms with Crippen LogP contribution in [-0.2, 0) is 16.4 Å². The molecule has 0 radical (unpaired) electrons. The predicted octanol–water partition coefficient (Wildman–Crippen LogP) is 3.82. The molecule has 32 heavy (non-hydrogen) atoms. The molecule has 0 amide bonds. The molecule has 0 aliphatic carbocycles. The summed E-state index contributed by atoms with van der Waals surface area (Å²) in [6.07, 6.45) is 0.746. The first-order valence-corrected chi connectivity index (χ1v) is 12.7. The maximum absolute atomic E-state index is 12.3. The molecule has 3 aromatic rings. The zero-order valence-electron chi connectivity index (χ0n) is 19.0. The van der Waals surface area contributed by atoms with Gasteiger partial charge in [0.2, 0.25) is 10.0 Å². The Morgan fingerprint density at radius 2 is 1.53 bits per heavy atom. The van der Waals surface area contributed by atoms with Crippen molar-refractivity contribution in [2.24, 2.45) is 0 Å². The number of benzene rings is 2. The maximum atomic E-state index is 12.3. The third-order valence-corrected chi connectivity index (χ3v) is 8.03. The molecule has 0 bridgehead atoms. The lowest BCUT2D eigenvalue weighted by Crippen LogP contribution is -2.49.